The molecule has 7 aromatic rings. The first-order chi connectivity index (χ1) is 36.6. The van der Waals surface area contributed by atoms with Crippen molar-refractivity contribution in [3.05, 3.63) is 245 Å². The van der Waals surface area contributed by atoms with Gasteiger partial charge in [0.15, 0.2) is 0 Å². The molecule has 1 heterocycles. The maximum absolute atomic E-state index is 14.2. The number of allylic oxidation sites excluding steroid dienone is 1. The molecule has 0 saturated heterocycles. The van der Waals surface area contributed by atoms with Gasteiger partial charge in [0.05, 0.1) is 42.8 Å². The third kappa shape index (κ3) is 14.1. The third-order valence-electron chi connectivity index (χ3n) is 13.2. The average Bonchev–Trinajstić information content (AvgIpc) is 3.76. The number of thioether (sulfide) groups is 1. The number of benzene rings is 6. The van der Waals surface area contributed by atoms with E-state index in [9.17, 15) is 19.2 Å². The Morgan fingerprint density at radius 1 is 0.680 bits per heavy atom. The van der Waals surface area contributed by atoms with Gasteiger partial charge in [-0.25, -0.2) is 9.59 Å². The zero-order valence-corrected chi connectivity index (χ0v) is 43.5. The summed E-state index contributed by atoms with van der Waals surface area (Å²) in [4.78, 5) is 60.7. The lowest BCUT2D eigenvalue weighted by Crippen LogP contribution is -2.47. The number of carbonyl (C=O) groups is 4. The molecule has 0 aliphatic heterocycles. The molecule has 12 heteroatoms. The van der Waals surface area contributed by atoms with Crippen molar-refractivity contribution in [2.75, 3.05) is 26.0 Å². The SMILES string of the molecule is COC(=O)CN(Cc1ccccc1)Cc1cccc(CNC(=O)C[C@@H](C=CCCSC(c2ccccc2)(c2ccccc2)c2ccccc2)OC(=O)[C@H](NC(=O)OCC2c3ccccc3-c3ccccc32)C(C)C)n1. The van der Waals surface area contributed by atoms with E-state index in [-0.39, 0.29) is 49.8 Å². The first kappa shape index (κ1) is 53.5. The topological polar surface area (TPSA) is 136 Å². The molecule has 0 fully saturated rings. The summed E-state index contributed by atoms with van der Waals surface area (Å²) in [6.07, 6.45) is 2.41. The van der Waals surface area contributed by atoms with Gasteiger partial charge < -0.3 is 24.8 Å². The molecule has 2 amide bonds. The van der Waals surface area contributed by atoms with Crippen LogP contribution in [0.4, 0.5) is 4.79 Å². The number of fused-ring (bicyclic) bond motifs is 3. The van der Waals surface area contributed by atoms with Gasteiger partial charge in [0, 0.05) is 19.0 Å². The number of aromatic nitrogens is 1. The largest absolute Gasteiger partial charge is 0.468 e. The van der Waals surface area contributed by atoms with Crippen LogP contribution in [0, 0.1) is 5.92 Å². The summed E-state index contributed by atoms with van der Waals surface area (Å²) < 4.78 is 16.5. The summed E-state index contributed by atoms with van der Waals surface area (Å²) in [5, 5.41) is 5.75. The number of hydrogen-bond donors (Lipinski definition) is 2. The quantitative estimate of drug-likeness (QED) is 0.0198. The number of rotatable bonds is 24. The maximum atomic E-state index is 14.2. The first-order valence-corrected chi connectivity index (χ1v) is 26.4. The normalized spacial score (nSPS) is 12.9. The number of methoxy groups -OCH3 is 1. The van der Waals surface area contributed by atoms with Crippen molar-refractivity contribution in [2.45, 2.75) is 69.1 Å². The Kier molecular flexibility index (Phi) is 18.8. The van der Waals surface area contributed by atoms with E-state index in [1.165, 1.54) is 7.11 Å². The van der Waals surface area contributed by atoms with Gasteiger partial charge in [-0.15, -0.1) is 11.8 Å². The molecular formula is C63H64N4O7S. The Labute approximate surface area is 444 Å². The summed E-state index contributed by atoms with van der Waals surface area (Å²) in [5.41, 5.74) is 10.2. The van der Waals surface area contributed by atoms with Crippen molar-refractivity contribution in [1.29, 1.82) is 0 Å². The summed E-state index contributed by atoms with van der Waals surface area (Å²) in [7, 11) is 1.37. The van der Waals surface area contributed by atoms with Crippen LogP contribution in [0.2, 0.25) is 0 Å². The third-order valence-corrected chi connectivity index (χ3v) is 14.8. The van der Waals surface area contributed by atoms with Crippen LogP contribution < -0.4 is 10.6 Å². The van der Waals surface area contributed by atoms with Crippen LogP contribution in [-0.4, -0.2) is 72.0 Å². The lowest BCUT2D eigenvalue weighted by molar-refractivity contribution is -0.151. The maximum Gasteiger partial charge on any atom is 0.407 e. The van der Waals surface area contributed by atoms with Gasteiger partial charge in [-0.1, -0.05) is 196 Å². The van der Waals surface area contributed by atoms with Crippen LogP contribution in [0.1, 0.15) is 77.4 Å². The molecule has 2 N–H and O–H groups in total. The second-order valence-electron chi connectivity index (χ2n) is 18.8. The van der Waals surface area contributed by atoms with Gasteiger partial charge in [-0.05, 0) is 80.8 Å². The lowest BCUT2D eigenvalue weighted by atomic mass is 9.84. The van der Waals surface area contributed by atoms with Crippen LogP contribution in [0.25, 0.3) is 11.1 Å². The Bertz CT molecular complexity index is 2870. The summed E-state index contributed by atoms with van der Waals surface area (Å²) >= 11 is 1.81. The van der Waals surface area contributed by atoms with Crippen LogP contribution >= 0.6 is 11.8 Å². The van der Waals surface area contributed by atoms with Crippen molar-refractivity contribution in [3.63, 3.8) is 0 Å². The molecule has 1 aliphatic rings. The predicted molar refractivity (Wildman–Crippen MR) is 295 cm³/mol. The van der Waals surface area contributed by atoms with Crippen LogP contribution in [0.3, 0.4) is 0 Å². The smallest absolute Gasteiger partial charge is 0.407 e. The molecule has 2 atom stereocenters. The second kappa shape index (κ2) is 26.4. The van der Waals surface area contributed by atoms with E-state index in [4.69, 9.17) is 19.2 Å². The van der Waals surface area contributed by atoms with Crippen LogP contribution in [0.15, 0.2) is 200 Å². The summed E-state index contributed by atoms with van der Waals surface area (Å²) in [6, 6.07) is 62.0. The van der Waals surface area contributed by atoms with E-state index in [0.717, 1.165) is 44.5 Å². The Morgan fingerprint density at radius 2 is 1.23 bits per heavy atom. The molecule has 11 nitrogen and oxygen atoms in total. The molecule has 0 bridgehead atoms. The van der Waals surface area contributed by atoms with Gasteiger partial charge in [0.25, 0.3) is 0 Å². The summed E-state index contributed by atoms with van der Waals surface area (Å²) in [5.74, 6) is -1.25. The highest BCUT2D eigenvalue weighted by molar-refractivity contribution is 8.00. The highest BCUT2D eigenvalue weighted by Crippen LogP contribution is 2.49. The van der Waals surface area contributed by atoms with E-state index in [1.807, 2.05) is 140 Å². The predicted octanol–water partition coefficient (Wildman–Crippen LogP) is 11.4. The molecule has 8 rings (SSSR count). The molecule has 0 radical (unpaired) electrons. The minimum Gasteiger partial charge on any atom is -0.468 e. The molecule has 75 heavy (non-hydrogen) atoms. The molecule has 6 aromatic carbocycles. The van der Waals surface area contributed by atoms with Gasteiger partial charge in [0.1, 0.15) is 18.8 Å². The minimum absolute atomic E-state index is 0.0766. The first-order valence-electron chi connectivity index (χ1n) is 25.4. The number of ether oxygens (including phenoxy) is 3. The average molecular weight is 1020 g/mol. The van der Waals surface area contributed by atoms with E-state index in [0.29, 0.717) is 36.7 Å². The number of hydrogen-bond acceptors (Lipinski definition) is 10. The number of carbonyl (C=O) groups excluding carboxylic acids is 4. The lowest BCUT2D eigenvalue weighted by Gasteiger charge is -2.35. The van der Waals surface area contributed by atoms with Crippen molar-refractivity contribution in [2.24, 2.45) is 5.92 Å². The molecule has 384 valence electrons. The van der Waals surface area contributed by atoms with E-state index >= 15 is 0 Å². The fourth-order valence-electron chi connectivity index (χ4n) is 9.58. The number of nitrogens with zero attached hydrogens (tertiary/aromatic N) is 2. The van der Waals surface area contributed by atoms with Crippen molar-refractivity contribution in [3.8, 4) is 11.1 Å². The van der Waals surface area contributed by atoms with Gasteiger partial charge in [-0.3, -0.25) is 19.5 Å². The zero-order chi connectivity index (χ0) is 52.4. The fourth-order valence-corrected chi connectivity index (χ4v) is 11.0. The Morgan fingerprint density at radius 3 is 1.80 bits per heavy atom. The second-order valence-corrected chi connectivity index (χ2v) is 20.1. The van der Waals surface area contributed by atoms with Crippen molar-refractivity contribution < 1.29 is 33.4 Å². The van der Waals surface area contributed by atoms with Gasteiger partial charge in [0.2, 0.25) is 5.91 Å². The zero-order valence-electron chi connectivity index (χ0n) is 42.7. The number of esters is 2. The molecule has 0 spiro atoms. The van der Waals surface area contributed by atoms with Gasteiger partial charge >= 0.3 is 18.0 Å². The number of amides is 2. The monoisotopic (exact) mass is 1020 g/mol. The molecule has 1 aliphatic carbocycles. The van der Waals surface area contributed by atoms with E-state index in [2.05, 4.69) is 95.6 Å². The standard InChI is InChI=1S/C63H64N4O7S/c1-45(2)60(66-62(71)73-44-57-55-36-18-16-34-53(55)54-35-17-19-37-56(54)57)61(70)74-52(33-20-21-38-75-63(47-25-10-5-11-26-47,48-27-12-6-13-28-48)49-29-14-7-15-30-49)39-58(68)64-40-50-31-22-32-51(65-50)42-67(43-59(69)72-3)41-46-23-8-4-9-24-46/h4-20,22-37,45,52,57,60H,21,38-44H2,1-3H3,(H,64,68)(H,66,71)/t52-,60-/m1/s1. The molecular weight excluding hydrogens is 957 g/mol. The molecule has 0 unspecified atom stereocenters. The van der Waals surface area contributed by atoms with Crippen LogP contribution in [-0.2, 0) is 53.0 Å². The highest BCUT2D eigenvalue weighted by atomic mass is 32.2. The molecule has 1 aromatic heterocycles. The van der Waals surface area contributed by atoms with Crippen molar-refractivity contribution >= 4 is 35.7 Å². The van der Waals surface area contributed by atoms with E-state index < -0.39 is 29.0 Å². The fraction of sp³-hybridized carbons (Fsp3) is 0.254. The number of pyridine rings is 1. The minimum atomic E-state index is -1.06. The van der Waals surface area contributed by atoms with Crippen LogP contribution in [0.5, 0.6) is 0 Å². The molecule has 0 saturated carbocycles. The van der Waals surface area contributed by atoms with E-state index in [1.54, 1.807) is 6.08 Å². The van der Waals surface area contributed by atoms with Gasteiger partial charge in [-0.2, -0.15) is 0 Å². The highest BCUT2D eigenvalue weighted by Gasteiger charge is 2.37. The van der Waals surface area contributed by atoms with Crippen molar-refractivity contribution in [1.82, 2.24) is 20.5 Å². The Balaban J connectivity index is 0.962. The summed E-state index contributed by atoms with van der Waals surface area (Å²) in [6.45, 7) is 4.80. The Hall–Kier alpha value is -7.80. The number of nitrogens with one attached hydrogen (secondary N) is 2. The number of alkyl carbamates (subject to hydrolysis) is 1.